The highest BCUT2D eigenvalue weighted by Crippen LogP contribution is 2.25. The minimum absolute atomic E-state index is 0.0885. The van der Waals surface area contributed by atoms with Crippen molar-refractivity contribution in [2.24, 2.45) is 5.92 Å². The van der Waals surface area contributed by atoms with Gasteiger partial charge in [0.05, 0.1) is 0 Å². The molecular weight excluding hydrogens is 393 g/mol. The maximum atomic E-state index is 13.1. The lowest BCUT2D eigenvalue weighted by molar-refractivity contribution is -0.124. The first kappa shape index (κ1) is 22.9. The van der Waals surface area contributed by atoms with Gasteiger partial charge >= 0.3 is 0 Å². The number of hydrogen-bond acceptors (Lipinski definition) is 3. The fraction of sp³-hybridized carbons (Fsp3) is 0.440. The molecule has 0 aromatic heterocycles. The van der Waals surface area contributed by atoms with E-state index in [1.807, 2.05) is 13.8 Å². The van der Waals surface area contributed by atoms with E-state index < -0.39 is 11.9 Å². The Hall–Kier alpha value is -2.73. The van der Waals surface area contributed by atoms with Gasteiger partial charge in [-0.05, 0) is 61.6 Å². The molecule has 0 bridgehead atoms. The van der Waals surface area contributed by atoms with Crippen LogP contribution < -0.4 is 10.6 Å². The molecule has 1 heterocycles. The number of carbonyl (C=O) groups is 2. The largest absolute Gasteiger partial charge is 0.352 e. The van der Waals surface area contributed by atoms with Crippen LogP contribution in [0.4, 0.5) is 4.39 Å². The highest BCUT2D eigenvalue weighted by molar-refractivity contribution is 5.97. The lowest BCUT2D eigenvalue weighted by Gasteiger charge is -2.42. The summed E-state index contributed by atoms with van der Waals surface area (Å²) < 4.78 is 13.1. The number of benzene rings is 2. The smallest absolute Gasteiger partial charge is 0.251 e. The van der Waals surface area contributed by atoms with Crippen LogP contribution in [0, 0.1) is 11.7 Å². The zero-order valence-corrected chi connectivity index (χ0v) is 18.7. The Kier molecular flexibility index (Phi) is 7.11. The Labute approximate surface area is 184 Å². The Morgan fingerprint density at radius 3 is 2.35 bits per heavy atom. The molecule has 0 aliphatic carbocycles. The minimum atomic E-state index is -0.671. The third-order valence-corrected chi connectivity index (χ3v) is 6.02. The summed E-state index contributed by atoms with van der Waals surface area (Å²) in [6.07, 6.45) is 0.996. The summed E-state index contributed by atoms with van der Waals surface area (Å²) in [5.74, 6) is -1.09. The summed E-state index contributed by atoms with van der Waals surface area (Å²) in [6, 6.07) is 13.1. The van der Waals surface area contributed by atoms with E-state index in [1.165, 1.54) is 35.4 Å². The van der Waals surface area contributed by atoms with Gasteiger partial charge in [-0.15, -0.1) is 0 Å². The number of fused-ring (bicyclic) bond motifs is 1. The van der Waals surface area contributed by atoms with Gasteiger partial charge in [-0.2, -0.15) is 0 Å². The Morgan fingerprint density at radius 1 is 1.06 bits per heavy atom. The minimum Gasteiger partial charge on any atom is -0.352 e. The van der Waals surface area contributed by atoms with Crippen molar-refractivity contribution >= 4 is 11.8 Å². The predicted octanol–water partition coefficient (Wildman–Crippen LogP) is 3.53. The summed E-state index contributed by atoms with van der Waals surface area (Å²) in [7, 11) is 0. The molecule has 0 fully saturated rings. The number of nitrogens with zero attached hydrogens (tertiary/aromatic N) is 1. The van der Waals surface area contributed by atoms with Crippen molar-refractivity contribution in [1.29, 1.82) is 0 Å². The van der Waals surface area contributed by atoms with Gasteiger partial charge in [0.2, 0.25) is 5.91 Å². The first-order chi connectivity index (χ1) is 14.7. The van der Waals surface area contributed by atoms with Gasteiger partial charge in [-0.1, -0.05) is 38.1 Å². The van der Waals surface area contributed by atoms with Crippen molar-refractivity contribution in [3.05, 3.63) is 71.0 Å². The summed E-state index contributed by atoms with van der Waals surface area (Å²) in [5, 5.41) is 5.83. The molecule has 1 aliphatic rings. The van der Waals surface area contributed by atoms with Crippen molar-refractivity contribution in [1.82, 2.24) is 15.5 Å². The van der Waals surface area contributed by atoms with E-state index in [4.69, 9.17) is 0 Å². The highest BCUT2D eigenvalue weighted by Gasteiger charge is 2.32. The van der Waals surface area contributed by atoms with E-state index in [9.17, 15) is 14.0 Å². The molecule has 2 amide bonds. The molecule has 1 atom stereocenters. The number of halogens is 1. The Balaban J connectivity index is 1.60. The van der Waals surface area contributed by atoms with E-state index in [-0.39, 0.29) is 23.3 Å². The number of nitrogens with one attached hydrogen (secondary N) is 2. The van der Waals surface area contributed by atoms with Gasteiger partial charge < -0.3 is 10.6 Å². The van der Waals surface area contributed by atoms with Crippen LogP contribution in [0.3, 0.4) is 0 Å². The Bertz CT molecular complexity index is 925. The van der Waals surface area contributed by atoms with Crippen molar-refractivity contribution in [3.8, 4) is 0 Å². The third kappa shape index (κ3) is 5.70. The van der Waals surface area contributed by atoms with Crippen LogP contribution >= 0.6 is 0 Å². The molecular formula is C25H32FN3O2. The lowest BCUT2D eigenvalue weighted by Crippen LogP contribution is -2.56. The zero-order chi connectivity index (χ0) is 22.6. The standard InChI is InChI=1S/C25H32FN3O2/c1-17(2)22(28-23(30)19-9-11-21(26)12-10-19)24(31)27-16-25(3,4)29-14-13-18-7-5-6-8-20(18)15-29/h5-12,17,22H,13-16H2,1-4H3,(H,27,31)(H,28,30). The molecule has 5 nitrogen and oxygen atoms in total. The van der Waals surface area contributed by atoms with Gasteiger partial charge in [-0.3, -0.25) is 14.5 Å². The molecule has 3 rings (SSSR count). The molecule has 0 saturated carbocycles. The molecule has 6 heteroatoms. The van der Waals surface area contributed by atoms with Crippen LogP contribution in [-0.4, -0.2) is 41.4 Å². The third-order valence-electron chi connectivity index (χ3n) is 6.02. The Morgan fingerprint density at radius 2 is 1.71 bits per heavy atom. The van der Waals surface area contributed by atoms with Crippen LogP contribution in [-0.2, 0) is 17.8 Å². The monoisotopic (exact) mass is 425 g/mol. The average molecular weight is 426 g/mol. The van der Waals surface area contributed by atoms with E-state index in [1.54, 1.807) is 0 Å². The maximum Gasteiger partial charge on any atom is 0.251 e. The average Bonchev–Trinajstić information content (AvgIpc) is 2.75. The van der Waals surface area contributed by atoms with Crippen molar-refractivity contribution < 1.29 is 14.0 Å². The molecule has 31 heavy (non-hydrogen) atoms. The molecule has 0 radical (unpaired) electrons. The van der Waals surface area contributed by atoms with Gasteiger partial charge in [-0.25, -0.2) is 4.39 Å². The van der Waals surface area contributed by atoms with E-state index in [2.05, 4.69) is 53.6 Å². The maximum absolute atomic E-state index is 13.1. The molecule has 2 N–H and O–H groups in total. The van der Waals surface area contributed by atoms with Crippen molar-refractivity contribution in [2.45, 2.75) is 52.2 Å². The lowest BCUT2D eigenvalue weighted by atomic mass is 9.93. The topological polar surface area (TPSA) is 61.4 Å². The van der Waals surface area contributed by atoms with Crippen molar-refractivity contribution in [2.75, 3.05) is 13.1 Å². The summed E-state index contributed by atoms with van der Waals surface area (Å²) in [4.78, 5) is 27.8. The SMILES string of the molecule is CC(C)C(NC(=O)c1ccc(F)cc1)C(=O)NCC(C)(C)N1CCc2ccccc2C1. The normalized spacial score (nSPS) is 15.3. The van der Waals surface area contributed by atoms with E-state index in [0.29, 0.717) is 12.1 Å². The molecule has 2 aromatic carbocycles. The first-order valence-electron chi connectivity index (χ1n) is 10.8. The number of rotatable bonds is 7. The number of amides is 2. The van der Waals surface area contributed by atoms with Crippen LogP contribution in [0.25, 0.3) is 0 Å². The second kappa shape index (κ2) is 9.60. The molecule has 166 valence electrons. The fourth-order valence-corrected chi connectivity index (χ4v) is 3.90. The number of hydrogen-bond donors (Lipinski definition) is 2. The summed E-state index contributed by atoms with van der Waals surface area (Å²) in [6.45, 7) is 10.3. The molecule has 0 spiro atoms. The molecule has 2 aromatic rings. The van der Waals surface area contributed by atoms with E-state index in [0.717, 1.165) is 19.5 Å². The van der Waals surface area contributed by atoms with Crippen LogP contribution in [0.5, 0.6) is 0 Å². The molecule has 0 saturated heterocycles. The summed E-state index contributed by atoms with van der Waals surface area (Å²) >= 11 is 0. The van der Waals surface area contributed by atoms with Gasteiger partial charge in [0.1, 0.15) is 11.9 Å². The zero-order valence-electron chi connectivity index (χ0n) is 18.7. The second-order valence-electron chi connectivity index (χ2n) is 9.17. The van der Waals surface area contributed by atoms with Crippen LogP contribution in [0.15, 0.2) is 48.5 Å². The van der Waals surface area contributed by atoms with Gasteiger partial charge in [0, 0.05) is 30.7 Å². The van der Waals surface area contributed by atoms with Crippen LogP contribution in [0.2, 0.25) is 0 Å². The van der Waals surface area contributed by atoms with Gasteiger partial charge in [0.25, 0.3) is 5.91 Å². The van der Waals surface area contributed by atoms with Gasteiger partial charge in [0.15, 0.2) is 0 Å². The molecule has 1 aliphatic heterocycles. The second-order valence-corrected chi connectivity index (χ2v) is 9.17. The summed E-state index contributed by atoms with van der Waals surface area (Å²) in [5.41, 5.74) is 2.82. The van der Waals surface area contributed by atoms with E-state index >= 15 is 0 Å². The van der Waals surface area contributed by atoms with Crippen molar-refractivity contribution in [3.63, 3.8) is 0 Å². The fourth-order valence-electron chi connectivity index (χ4n) is 3.90. The highest BCUT2D eigenvalue weighted by atomic mass is 19.1. The predicted molar refractivity (Wildman–Crippen MR) is 120 cm³/mol. The van der Waals surface area contributed by atoms with Crippen LogP contribution in [0.1, 0.15) is 49.2 Å². The first-order valence-corrected chi connectivity index (χ1v) is 10.8. The molecule has 1 unspecified atom stereocenters. The quantitative estimate of drug-likeness (QED) is 0.713. The number of carbonyl (C=O) groups excluding carboxylic acids is 2.